The van der Waals surface area contributed by atoms with Crippen molar-refractivity contribution in [1.82, 2.24) is 29.7 Å². The fourth-order valence-corrected chi connectivity index (χ4v) is 5.83. The first-order valence-electron chi connectivity index (χ1n) is 11.1. The molecule has 1 saturated carbocycles. The number of fused-ring (bicyclic) bond motifs is 2. The molecule has 0 spiro atoms. The standard InChI is InChI=1S/C22H23N7O2S2/c30-14-7-9-28(10-8-14)12-20(31)24-21-23-17-4-3-15(11-18(17)33-21)32-22-26-25-19-6-5-16(13-1-2-13)27-29(19)22/h3-6,11,13-14,30H,1-2,7-10,12H2,(H,23,24,31). The average molecular weight is 482 g/mol. The van der Waals surface area contributed by atoms with Crippen molar-refractivity contribution in [1.29, 1.82) is 0 Å². The van der Waals surface area contributed by atoms with E-state index in [2.05, 4.69) is 31.5 Å². The van der Waals surface area contributed by atoms with Crippen molar-refractivity contribution < 1.29 is 9.90 Å². The zero-order valence-corrected chi connectivity index (χ0v) is 19.5. The molecule has 2 fully saturated rings. The Bertz CT molecular complexity index is 1330. The summed E-state index contributed by atoms with van der Waals surface area (Å²) in [6.45, 7) is 1.80. The van der Waals surface area contributed by atoms with Crippen molar-refractivity contribution in [3.05, 3.63) is 36.0 Å². The number of likely N-dealkylation sites (tertiary alicyclic amines) is 1. The van der Waals surface area contributed by atoms with Crippen molar-refractivity contribution in [2.45, 2.75) is 47.8 Å². The van der Waals surface area contributed by atoms with Crippen LogP contribution in [0.2, 0.25) is 0 Å². The number of thiazole rings is 1. The number of aliphatic hydroxyl groups excluding tert-OH is 1. The maximum atomic E-state index is 12.4. The van der Waals surface area contributed by atoms with E-state index in [0.717, 1.165) is 44.7 Å². The number of amides is 1. The number of rotatable bonds is 6. The van der Waals surface area contributed by atoms with Gasteiger partial charge < -0.3 is 10.4 Å². The quantitative estimate of drug-likeness (QED) is 0.432. The molecule has 0 bridgehead atoms. The molecule has 0 radical (unpaired) electrons. The van der Waals surface area contributed by atoms with Gasteiger partial charge in [-0.05, 0) is 67.8 Å². The van der Waals surface area contributed by atoms with Crippen LogP contribution in [-0.4, -0.2) is 66.4 Å². The third-order valence-electron chi connectivity index (χ3n) is 5.99. The van der Waals surface area contributed by atoms with Crippen LogP contribution in [0.15, 0.2) is 40.4 Å². The molecule has 2 N–H and O–H groups in total. The van der Waals surface area contributed by atoms with E-state index in [1.165, 1.54) is 35.9 Å². The summed E-state index contributed by atoms with van der Waals surface area (Å²) in [7, 11) is 0. The summed E-state index contributed by atoms with van der Waals surface area (Å²) in [5.74, 6) is 0.492. The van der Waals surface area contributed by atoms with Gasteiger partial charge in [-0.2, -0.15) is 9.61 Å². The van der Waals surface area contributed by atoms with E-state index in [4.69, 9.17) is 5.10 Å². The number of carbonyl (C=O) groups is 1. The van der Waals surface area contributed by atoms with Crippen LogP contribution in [0.4, 0.5) is 5.13 Å². The zero-order chi connectivity index (χ0) is 22.4. The number of nitrogens with one attached hydrogen (secondary N) is 1. The topological polar surface area (TPSA) is 109 Å². The summed E-state index contributed by atoms with van der Waals surface area (Å²) in [6.07, 6.45) is 3.59. The minimum absolute atomic E-state index is 0.0764. The highest BCUT2D eigenvalue weighted by atomic mass is 32.2. The Morgan fingerprint density at radius 1 is 1.15 bits per heavy atom. The Labute approximate surface area is 198 Å². The molecule has 170 valence electrons. The minimum atomic E-state index is -0.243. The lowest BCUT2D eigenvalue weighted by molar-refractivity contribution is -0.117. The van der Waals surface area contributed by atoms with Crippen LogP contribution >= 0.6 is 23.1 Å². The van der Waals surface area contributed by atoms with Crippen LogP contribution < -0.4 is 5.32 Å². The van der Waals surface area contributed by atoms with Crippen molar-refractivity contribution in [3.63, 3.8) is 0 Å². The van der Waals surface area contributed by atoms with Gasteiger partial charge in [-0.25, -0.2) is 4.98 Å². The van der Waals surface area contributed by atoms with E-state index in [9.17, 15) is 9.90 Å². The Kier molecular flexibility index (Phi) is 5.49. The Balaban J connectivity index is 1.16. The van der Waals surface area contributed by atoms with Crippen LogP contribution in [0, 0.1) is 0 Å². The smallest absolute Gasteiger partial charge is 0.240 e. The van der Waals surface area contributed by atoms with Crippen molar-refractivity contribution in [3.8, 4) is 0 Å². The monoisotopic (exact) mass is 481 g/mol. The molecule has 4 heterocycles. The van der Waals surface area contributed by atoms with Gasteiger partial charge in [0.05, 0.1) is 28.6 Å². The van der Waals surface area contributed by atoms with Crippen LogP contribution in [-0.2, 0) is 4.79 Å². The second-order valence-corrected chi connectivity index (χ2v) is 10.7. The van der Waals surface area contributed by atoms with Gasteiger partial charge in [-0.1, -0.05) is 11.3 Å². The number of carbonyl (C=O) groups excluding carboxylic acids is 1. The molecule has 1 aromatic carbocycles. The van der Waals surface area contributed by atoms with E-state index < -0.39 is 0 Å². The highest BCUT2D eigenvalue weighted by Gasteiger charge is 2.26. The van der Waals surface area contributed by atoms with Crippen LogP contribution in [0.5, 0.6) is 0 Å². The van der Waals surface area contributed by atoms with Crippen molar-refractivity contribution in [2.24, 2.45) is 0 Å². The molecule has 9 nitrogen and oxygen atoms in total. The fraction of sp³-hybridized carbons (Fsp3) is 0.409. The summed E-state index contributed by atoms with van der Waals surface area (Å²) < 4.78 is 2.82. The number of benzene rings is 1. The van der Waals surface area contributed by atoms with Crippen LogP contribution in [0.25, 0.3) is 15.9 Å². The lowest BCUT2D eigenvalue weighted by atomic mass is 10.1. The van der Waals surface area contributed by atoms with E-state index in [0.29, 0.717) is 30.4 Å². The van der Waals surface area contributed by atoms with E-state index >= 15 is 0 Å². The van der Waals surface area contributed by atoms with Crippen molar-refractivity contribution in [2.75, 3.05) is 25.0 Å². The van der Waals surface area contributed by atoms with E-state index in [1.54, 1.807) is 0 Å². The normalized spacial score (nSPS) is 17.7. The highest BCUT2D eigenvalue weighted by molar-refractivity contribution is 7.99. The molecule has 33 heavy (non-hydrogen) atoms. The first kappa shape index (κ1) is 21.0. The number of piperidine rings is 1. The number of anilines is 1. The molecule has 1 aliphatic carbocycles. The number of aliphatic hydroxyl groups is 1. The van der Waals surface area contributed by atoms with E-state index in [-0.39, 0.29) is 12.0 Å². The first-order valence-corrected chi connectivity index (χ1v) is 12.7. The zero-order valence-electron chi connectivity index (χ0n) is 17.8. The van der Waals surface area contributed by atoms with Gasteiger partial charge >= 0.3 is 0 Å². The molecular weight excluding hydrogens is 458 g/mol. The Hall–Kier alpha value is -2.60. The molecule has 0 unspecified atom stereocenters. The highest BCUT2D eigenvalue weighted by Crippen LogP contribution is 2.39. The number of hydrogen-bond donors (Lipinski definition) is 2. The minimum Gasteiger partial charge on any atom is -0.393 e. The van der Waals surface area contributed by atoms with Gasteiger partial charge in [0.1, 0.15) is 0 Å². The number of aromatic nitrogens is 5. The lowest BCUT2D eigenvalue weighted by Crippen LogP contribution is -2.40. The van der Waals surface area contributed by atoms with Gasteiger partial charge in [0, 0.05) is 23.9 Å². The molecular formula is C22H23N7O2S2. The molecule has 6 rings (SSSR count). The van der Waals surface area contributed by atoms with Crippen LogP contribution in [0.3, 0.4) is 0 Å². The Morgan fingerprint density at radius 3 is 2.82 bits per heavy atom. The maximum absolute atomic E-state index is 12.4. The largest absolute Gasteiger partial charge is 0.393 e. The van der Waals surface area contributed by atoms with Crippen LogP contribution in [0.1, 0.15) is 37.3 Å². The van der Waals surface area contributed by atoms with Gasteiger partial charge in [-0.15, -0.1) is 10.2 Å². The number of hydrogen-bond acceptors (Lipinski definition) is 9. The molecule has 0 atom stereocenters. The summed E-state index contributed by atoms with van der Waals surface area (Å²) in [5.41, 5.74) is 2.69. The average Bonchev–Trinajstić information content (AvgIpc) is 3.48. The fourth-order valence-electron chi connectivity index (χ4n) is 4.01. The predicted molar refractivity (Wildman–Crippen MR) is 127 cm³/mol. The first-order chi connectivity index (χ1) is 16.1. The third-order valence-corrected chi connectivity index (χ3v) is 7.85. The van der Waals surface area contributed by atoms with Gasteiger partial charge in [0.25, 0.3) is 0 Å². The molecule has 4 aromatic rings. The molecule has 1 amide bonds. The second kappa shape index (κ2) is 8.64. The van der Waals surface area contributed by atoms with E-state index in [1.807, 2.05) is 28.8 Å². The molecule has 3 aromatic heterocycles. The summed E-state index contributed by atoms with van der Waals surface area (Å²) >= 11 is 2.98. The maximum Gasteiger partial charge on any atom is 0.240 e. The van der Waals surface area contributed by atoms with Crippen molar-refractivity contribution >= 4 is 50.0 Å². The summed E-state index contributed by atoms with van der Waals surface area (Å²) in [6, 6.07) is 10.0. The molecule has 1 saturated heterocycles. The SMILES string of the molecule is O=C(CN1CCC(O)CC1)Nc1nc2ccc(Sc3nnc4ccc(C5CC5)nn34)cc2s1. The summed E-state index contributed by atoms with van der Waals surface area (Å²) in [4.78, 5) is 20.1. The Morgan fingerprint density at radius 2 is 2.00 bits per heavy atom. The van der Waals surface area contributed by atoms with Gasteiger partial charge in [-0.3, -0.25) is 9.69 Å². The molecule has 1 aliphatic heterocycles. The van der Waals surface area contributed by atoms with Gasteiger partial charge in [0.15, 0.2) is 10.8 Å². The van der Waals surface area contributed by atoms with Gasteiger partial charge in [0.2, 0.25) is 11.1 Å². The summed E-state index contributed by atoms with van der Waals surface area (Å²) in [5, 5.41) is 27.2. The predicted octanol–water partition coefficient (Wildman–Crippen LogP) is 3.16. The molecule has 11 heteroatoms. The number of nitrogens with zero attached hydrogens (tertiary/aromatic N) is 6. The second-order valence-electron chi connectivity index (χ2n) is 8.59. The lowest BCUT2D eigenvalue weighted by Gasteiger charge is -2.28. The third kappa shape index (κ3) is 4.58. The molecule has 2 aliphatic rings.